The zero-order chi connectivity index (χ0) is 26.2. The molecule has 0 aliphatic carbocycles. The number of halogens is 3. The maximum absolute atomic E-state index is 14.0. The summed E-state index contributed by atoms with van der Waals surface area (Å²) in [5.74, 6) is 0.281. The van der Waals surface area contributed by atoms with Gasteiger partial charge in [-0.2, -0.15) is 23.4 Å². The Kier molecular flexibility index (Phi) is 6.36. The second kappa shape index (κ2) is 9.64. The molecule has 2 atom stereocenters. The lowest BCUT2D eigenvalue weighted by atomic mass is 9.97. The van der Waals surface area contributed by atoms with E-state index in [0.717, 1.165) is 15.8 Å². The Morgan fingerprint density at radius 1 is 1.14 bits per heavy atom. The molecule has 4 aromatic rings. The first kappa shape index (κ1) is 24.4. The lowest BCUT2D eigenvalue weighted by molar-refractivity contribution is -0.173. The van der Waals surface area contributed by atoms with Crippen molar-refractivity contribution in [1.29, 1.82) is 0 Å². The van der Waals surface area contributed by atoms with Gasteiger partial charge in [0.05, 0.1) is 19.7 Å². The third kappa shape index (κ3) is 5.16. The summed E-state index contributed by atoms with van der Waals surface area (Å²) < 4.78 is 49.7. The minimum absolute atomic E-state index is 0.108. The van der Waals surface area contributed by atoms with E-state index in [9.17, 15) is 18.0 Å². The van der Waals surface area contributed by atoms with Gasteiger partial charge in [0, 0.05) is 24.8 Å². The van der Waals surface area contributed by atoms with E-state index in [1.54, 1.807) is 41.2 Å². The third-order valence-electron chi connectivity index (χ3n) is 6.39. The molecule has 1 aliphatic heterocycles. The van der Waals surface area contributed by atoms with Crippen molar-refractivity contribution in [2.75, 3.05) is 17.7 Å². The fourth-order valence-corrected chi connectivity index (χ4v) is 4.42. The average Bonchev–Trinajstić information content (AvgIpc) is 3.51. The molecule has 0 unspecified atom stereocenters. The van der Waals surface area contributed by atoms with E-state index >= 15 is 0 Å². The number of nitrogens with one attached hydrogen (secondary N) is 2. The van der Waals surface area contributed by atoms with Crippen molar-refractivity contribution in [3.05, 3.63) is 89.2 Å². The summed E-state index contributed by atoms with van der Waals surface area (Å²) >= 11 is 0. The molecule has 1 amide bonds. The second-order valence-corrected chi connectivity index (χ2v) is 8.91. The minimum Gasteiger partial charge on any atom is -0.497 e. The van der Waals surface area contributed by atoms with Crippen LogP contribution in [-0.4, -0.2) is 38.8 Å². The van der Waals surface area contributed by atoms with Gasteiger partial charge in [0.25, 0.3) is 5.91 Å². The van der Waals surface area contributed by atoms with E-state index in [4.69, 9.17) is 4.74 Å². The van der Waals surface area contributed by atoms with Crippen LogP contribution in [0.4, 0.5) is 24.8 Å². The van der Waals surface area contributed by atoms with Crippen molar-refractivity contribution in [2.45, 2.75) is 38.1 Å². The molecule has 2 aromatic carbocycles. The van der Waals surface area contributed by atoms with Gasteiger partial charge in [-0.25, -0.2) is 4.68 Å². The normalized spacial score (nSPS) is 17.1. The first-order chi connectivity index (χ1) is 17.7. The number of ether oxygens (including phenoxy) is 1. The first-order valence-corrected chi connectivity index (χ1v) is 11.7. The highest BCUT2D eigenvalue weighted by Gasteiger charge is 2.46. The lowest BCUT2D eigenvalue weighted by Gasteiger charge is -2.33. The van der Waals surface area contributed by atoms with Gasteiger partial charge in [-0.1, -0.05) is 36.4 Å². The fourth-order valence-electron chi connectivity index (χ4n) is 4.42. The molecule has 8 nitrogen and oxygen atoms in total. The van der Waals surface area contributed by atoms with Gasteiger partial charge in [-0.3, -0.25) is 9.48 Å². The van der Waals surface area contributed by atoms with Crippen LogP contribution in [0.3, 0.4) is 0 Å². The zero-order valence-electron chi connectivity index (χ0n) is 20.2. The molecule has 3 heterocycles. The van der Waals surface area contributed by atoms with Crippen LogP contribution in [0.15, 0.2) is 66.9 Å². The molecule has 192 valence electrons. The fraction of sp³-hybridized carbons (Fsp3) is 0.269. The number of aromatic nitrogens is 4. The summed E-state index contributed by atoms with van der Waals surface area (Å²) in [6.07, 6.45) is -3.11. The molecule has 0 saturated heterocycles. The van der Waals surface area contributed by atoms with Crippen LogP contribution in [0.1, 0.15) is 45.7 Å². The molecule has 1 aliphatic rings. The molecule has 0 fully saturated rings. The number of hydrogen-bond acceptors (Lipinski definition) is 5. The van der Waals surface area contributed by atoms with Crippen molar-refractivity contribution >= 4 is 17.5 Å². The molecule has 11 heteroatoms. The Morgan fingerprint density at radius 2 is 1.95 bits per heavy atom. The van der Waals surface area contributed by atoms with Crippen molar-refractivity contribution in [3.8, 4) is 5.75 Å². The van der Waals surface area contributed by atoms with E-state index in [0.29, 0.717) is 17.9 Å². The van der Waals surface area contributed by atoms with Crippen LogP contribution in [0.2, 0.25) is 0 Å². The average molecular weight is 511 g/mol. The highest BCUT2D eigenvalue weighted by Crippen LogP contribution is 2.44. The number of aryl methyl sites for hydroxylation is 1. The number of carbonyl (C=O) groups is 1. The topological polar surface area (TPSA) is 86.0 Å². The molecule has 5 rings (SSSR count). The third-order valence-corrected chi connectivity index (χ3v) is 6.39. The van der Waals surface area contributed by atoms with E-state index < -0.39 is 24.2 Å². The number of carbonyl (C=O) groups excluding carboxylic acids is 1. The summed E-state index contributed by atoms with van der Waals surface area (Å²) in [5, 5.41) is 14.1. The molecular formula is C26H25F3N6O2. The molecule has 0 bridgehead atoms. The molecule has 0 spiro atoms. The highest BCUT2D eigenvalue weighted by atomic mass is 19.4. The maximum Gasteiger partial charge on any atom is 0.410 e. The monoisotopic (exact) mass is 510 g/mol. The Bertz CT molecular complexity index is 1430. The number of fused-ring (bicyclic) bond motifs is 1. The van der Waals surface area contributed by atoms with Gasteiger partial charge in [-0.05, 0) is 35.7 Å². The number of amides is 1. The van der Waals surface area contributed by atoms with Crippen LogP contribution < -0.4 is 15.4 Å². The van der Waals surface area contributed by atoms with Gasteiger partial charge < -0.3 is 15.4 Å². The lowest BCUT2D eigenvalue weighted by Crippen LogP contribution is -2.35. The van der Waals surface area contributed by atoms with Crippen molar-refractivity contribution in [3.63, 3.8) is 0 Å². The second-order valence-electron chi connectivity index (χ2n) is 8.91. The number of rotatable bonds is 6. The van der Waals surface area contributed by atoms with Gasteiger partial charge in [0.1, 0.15) is 11.6 Å². The largest absolute Gasteiger partial charge is 0.497 e. The van der Waals surface area contributed by atoms with Crippen molar-refractivity contribution in [1.82, 2.24) is 19.6 Å². The Balaban J connectivity index is 1.35. The number of anilines is 2. The zero-order valence-corrected chi connectivity index (χ0v) is 20.2. The molecule has 0 radical (unpaired) electrons. The van der Waals surface area contributed by atoms with Crippen molar-refractivity contribution in [2.24, 2.45) is 0 Å². The van der Waals surface area contributed by atoms with E-state index in [1.165, 1.54) is 13.2 Å². The first-order valence-electron chi connectivity index (χ1n) is 11.7. The van der Waals surface area contributed by atoms with Crippen molar-refractivity contribution < 1.29 is 22.7 Å². The Hall–Kier alpha value is -4.28. The van der Waals surface area contributed by atoms with Crippen LogP contribution in [0.5, 0.6) is 5.75 Å². The summed E-state index contributed by atoms with van der Waals surface area (Å²) in [7, 11) is 1.50. The van der Waals surface area contributed by atoms with Crippen LogP contribution in [0, 0.1) is 6.92 Å². The van der Waals surface area contributed by atoms with E-state index in [2.05, 4.69) is 20.8 Å². The van der Waals surface area contributed by atoms with Gasteiger partial charge in [-0.15, -0.1) is 0 Å². The number of methoxy groups -OCH3 is 1. The Morgan fingerprint density at radius 3 is 2.70 bits per heavy atom. The summed E-state index contributed by atoms with van der Waals surface area (Å²) in [6, 6.07) is 15.2. The quantitative estimate of drug-likeness (QED) is 0.365. The number of hydrogen-bond donors (Lipinski definition) is 2. The predicted octanol–water partition coefficient (Wildman–Crippen LogP) is 5.36. The van der Waals surface area contributed by atoms with Gasteiger partial charge in [0.2, 0.25) is 0 Å². The number of alkyl halides is 3. The molecule has 37 heavy (non-hydrogen) atoms. The Labute approximate surface area is 211 Å². The number of benzene rings is 2. The SMILES string of the molecule is COc1cccc([C@@H]2C[C@H](C(F)(F)F)n3nc(C(=O)Nc4ccn(Cc5ccccc5C)n4)cc3N2)c1. The van der Waals surface area contributed by atoms with Gasteiger partial charge in [0.15, 0.2) is 17.6 Å². The highest BCUT2D eigenvalue weighted by molar-refractivity contribution is 6.02. The van der Waals surface area contributed by atoms with Crippen LogP contribution in [0.25, 0.3) is 0 Å². The maximum atomic E-state index is 14.0. The van der Waals surface area contributed by atoms with Gasteiger partial charge >= 0.3 is 6.18 Å². The summed E-state index contributed by atoms with van der Waals surface area (Å²) in [4.78, 5) is 12.9. The molecule has 2 aromatic heterocycles. The minimum atomic E-state index is -4.55. The molecular weight excluding hydrogens is 485 g/mol. The molecule has 0 saturated carbocycles. The van der Waals surface area contributed by atoms with Crippen LogP contribution >= 0.6 is 0 Å². The van der Waals surface area contributed by atoms with Crippen LogP contribution in [-0.2, 0) is 6.54 Å². The number of nitrogens with zero attached hydrogens (tertiary/aromatic N) is 4. The standard InChI is InChI=1S/C26H25F3N6O2/c1-16-6-3-4-7-18(16)15-34-11-10-23(33-34)31-25(36)21-14-24-30-20(17-8-5-9-19(12-17)37-2)13-22(26(27,28)29)35(24)32-21/h3-12,14,20,22,30H,13,15H2,1-2H3,(H,31,33,36)/t20-,22+/m0/s1. The van der Waals surface area contributed by atoms with E-state index in [-0.39, 0.29) is 23.8 Å². The summed E-state index contributed by atoms with van der Waals surface area (Å²) in [6.45, 7) is 2.52. The predicted molar refractivity (Wildman–Crippen MR) is 132 cm³/mol. The smallest absolute Gasteiger partial charge is 0.410 e. The molecule has 2 N–H and O–H groups in total. The summed E-state index contributed by atoms with van der Waals surface area (Å²) in [5.41, 5.74) is 2.70. The van der Waals surface area contributed by atoms with E-state index in [1.807, 2.05) is 31.2 Å².